The largest absolute Gasteiger partial charge is 0.440 e. The van der Waals surface area contributed by atoms with Gasteiger partial charge >= 0.3 is 0 Å². The molecule has 0 aliphatic heterocycles. The van der Waals surface area contributed by atoms with E-state index in [4.69, 9.17) is 4.42 Å². The summed E-state index contributed by atoms with van der Waals surface area (Å²) in [5.41, 5.74) is 1.20. The molecule has 2 rings (SSSR count). The number of nitrogens with zero attached hydrogens (tertiary/aromatic N) is 2. The van der Waals surface area contributed by atoms with Gasteiger partial charge in [0.1, 0.15) is 6.26 Å². The van der Waals surface area contributed by atoms with Crippen LogP contribution in [0.4, 0.5) is 0 Å². The van der Waals surface area contributed by atoms with Gasteiger partial charge in [0.15, 0.2) is 0 Å². The first-order chi connectivity index (χ1) is 7.95. The zero-order chi connectivity index (χ0) is 11.1. The van der Waals surface area contributed by atoms with Crippen LogP contribution in [-0.4, -0.2) is 22.3 Å². The van der Waals surface area contributed by atoms with Gasteiger partial charge in [0.25, 0.3) is 5.22 Å². The average Bonchev–Trinajstić information content (AvgIpc) is 2.83. The number of thioether (sulfide) groups is 1. The molecule has 16 heavy (non-hydrogen) atoms. The molecule has 0 amide bonds. The third-order valence-corrected chi connectivity index (χ3v) is 2.82. The zero-order valence-electron chi connectivity index (χ0n) is 8.80. The van der Waals surface area contributed by atoms with Gasteiger partial charge in [-0.25, -0.2) is 4.98 Å². The van der Waals surface area contributed by atoms with Crippen LogP contribution in [0.5, 0.6) is 0 Å². The molecule has 0 aliphatic carbocycles. The van der Waals surface area contributed by atoms with Crippen molar-refractivity contribution in [2.75, 3.05) is 12.3 Å². The Morgan fingerprint density at radius 1 is 1.38 bits per heavy atom. The van der Waals surface area contributed by atoms with Crippen LogP contribution in [0.2, 0.25) is 0 Å². The fourth-order valence-electron chi connectivity index (χ4n) is 1.23. The normalized spacial score (nSPS) is 10.5. The smallest absolute Gasteiger partial charge is 0.255 e. The average molecular weight is 235 g/mol. The maximum absolute atomic E-state index is 5.11. The quantitative estimate of drug-likeness (QED) is 0.612. The zero-order valence-corrected chi connectivity index (χ0v) is 9.61. The number of hydrogen-bond acceptors (Lipinski definition) is 5. The fraction of sp³-hybridized carbons (Fsp3) is 0.273. The van der Waals surface area contributed by atoms with Crippen molar-refractivity contribution in [3.8, 4) is 0 Å². The molecular weight excluding hydrogens is 222 g/mol. The van der Waals surface area contributed by atoms with Gasteiger partial charge in [0, 0.05) is 31.2 Å². The maximum Gasteiger partial charge on any atom is 0.255 e. The standard InChI is InChI=1S/C11H13N3OS/c1-2-10(8-12-3-1)9-13-5-7-16-11-14-4-6-15-11/h1-4,6,8,13H,5,7,9H2. The Bertz CT molecular complexity index is 391. The summed E-state index contributed by atoms with van der Waals surface area (Å²) in [6, 6.07) is 4.00. The molecule has 0 saturated carbocycles. The Kier molecular flexibility index (Phi) is 4.39. The van der Waals surface area contributed by atoms with Crippen molar-refractivity contribution in [1.82, 2.24) is 15.3 Å². The molecule has 0 unspecified atom stereocenters. The highest BCUT2D eigenvalue weighted by Crippen LogP contribution is 2.13. The minimum absolute atomic E-state index is 0.725. The summed E-state index contributed by atoms with van der Waals surface area (Å²) in [7, 11) is 0. The fourth-order valence-corrected chi connectivity index (χ4v) is 1.91. The van der Waals surface area contributed by atoms with Crippen LogP contribution in [0, 0.1) is 0 Å². The number of aromatic nitrogens is 2. The topological polar surface area (TPSA) is 51.0 Å². The maximum atomic E-state index is 5.11. The predicted octanol–water partition coefficient (Wildman–Crippen LogP) is 1.95. The second kappa shape index (κ2) is 6.30. The molecular formula is C11H13N3OS. The summed E-state index contributed by atoms with van der Waals surface area (Å²) in [5.74, 6) is 0.945. The van der Waals surface area contributed by atoms with E-state index >= 15 is 0 Å². The summed E-state index contributed by atoms with van der Waals surface area (Å²) in [6.45, 7) is 1.77. The van der Waals surface area contributed by atoms with Crippen LogP contribution in [0.3, 0.4) is 0 Å². The van der Waals surface area contributed by atoms with Gasteiger partial charge in [-0.1, -0.05) is 17.8 Å². The molecule has 2 aromatic rings. The first-order valence-corrected chi connectivity index (χ1v) is 6.05. The molecule has 0 saturated heterocycles. The van der Waals surface area contributed by atoms with E-state index in [1.54, 1.807) is 30.4 Å². The Hall–Kier alpha value is -1.33. The second-order valence-corrected chi connectivity index (χ2v) is 4.23. The third-order valence-electron chi connectivity index (χ3n) is 1.97. The highest BCUT2D eigenvalue weighted by molar-refractivity contribution is 7.99. The van der Waals surface area contributed by atoms with E-state index in [1.165, 1.54) is 5.56 Å². The lowest BCUT2D eigenvalue weighted by Crippen LogP contribution is -2.16. The highest BCUT2D eigenvalue weighted by atomic mass is 32.2. The van der Waals surface area contributed by atoms with Crippen molar-refractivity contribution in [3.63, 3.8) is 0 Å². The van der Waals surface area contributed by atoms with E-state index in [2.05, 4.69) is 21.4 Å². The predicted molar refractivity (Wildman–Crippen MR) is 63.2 cm³/mol. The summed E-state index contributed by atoms with van der Waals surface area (Å²) in [6.07, 6.45) is 6.90. The van der Waals surface area contributed by atoms with Gasteiger partial charge in [0.05, 0.1) is 6.20 Å². The number of hydrogen-bond donors (Lipinski definition) is 1. The van der Waals surface area contributed by atoms with Crippen molar-refractivity contribution in [1.29, 1.82) is 0 Å². The van der Waals surface area contributed by atoms with Crippen LogP contribution in [-0.2, 0) is 6.54 Å². The van der Waals surface area contributed by atoms with Crippen LogP contribution < -0.4 is 5.32 Å². The van der Waals surface area contributed by atoms with Crippen LogP contribution in [0.15, 0.2) is 46.6 Å². The van der Waals surface area contributed by atoms with Crippen molar-refractivity contribution < 1.29 is 4.42 Å². The van der Waals surface area contributed by atoms with E-state index in [0.717, 1.165) is 24.1 Å². The third kappa shape index (κ3) is 3.67. The molecule has 1 N–H and O–H groups in total. The molecule has 0 spiro atoms. The van der Waals surface area contributed by atoms with Crippen molar-refractivity contribution in [2.24, 2.45) is 0 Å². The molecule has 0 aliphatic rings. The lowest BCUT2D eigenvalue weighted by Gasteiger charge is -2.02. The lowest BCUT2D eigenvalue weighted by molar-refractivity contribution is 0.454. The van der Waals surface area contributed by atoms with E-state index < -0.39 is 0 Å². The molecule has 84 valence electrons. The van der Waals surface area contributed by atoms with Gasteiger partial charge < -0.3 is 9.73 Å². The summed E-state index contributed by atoms with van der Waals surface area (Å²) >= 11 is 1.61. The van der Waals surface area contributed by atoms with Crippen molar-refractivity contribution in [3.05, 3.63) is 42.5 Å². The minimum Gasteiger partial charge on any atom is -0.440 e. The molecule has 0 bridgehead atoms. The first-order valence-electron chi connectivity index (χ1n) is 5.07. The molecule has 2 aromatic heterocycles. The molecule has 2 heterocycles. The van der Waals surface area contributed by atoms with Crippen LogP contribution >= 0.6 is 11.8 Å². The van der Waals surface area contributed by atoms with Gasteiger partial charge in [-0.05, 0) is 11.6 Å². The van der Waals surface area contributed by atoms with Gasteiger partial charge in [-0.15, -0.1) is 0 Å². The SMILES string of the molecule is c1cncc(CNCCSc2ncco2)c1. The van der Waals surface area contributed by atoms with E-state index in [9.17, 15) is 0 Å². The molecule has 0 fully saturated rings. The minimum atomic E-state index is 0.725. The van der Waals surface area contributed by atoms with Crippen LogP contribution in [0.25, 0.3) is 0 Å². The van der Waals surface area contributed by atoms with Crippen LogP contribution in [0.1, 0.15) is 5.56 Å². The molecule has 0 aromatic carbocycles. The summed E-state index contributed by atoms with van der Waals surface area (Å²) < 4.78 is 5.11. The van der Waals surface area contributed by atoms with E-state index in [0.29, 0.717) is 0 Å². The monoisotopic (exact) mass is 235 g/mol. The Morgan fingerprint density at radius 3 is 3.12 bits per heavy atom. The van der Waals surface area contributed by atoms with Crippen molar-refractivity contribution >= 4 is 11.8 Å². The van der Waals surface area contributed by atoms with E-state index in [-0.39, 0.29) is 0 Å². The van der Waals surface area contributed by atoms with Crippen molar-refractivity contribution in [2.45, 2.75) is 11.8 Å². The Morgan fingerprint density at radius 2 is 2.38 bits per heavy atom. The lowest BCUT2D eigenvalue weighted by atomic mass is 10.3. The molecule has 0 radical (unpaired) electrons. The number of rotatable bonds is 6. The number of nitrogens with one attached hydrogen (secondary N) is 1. The van der Waals surface area contributed by atoms with Gasteiger partial charge in [0.2, 0.25) is 0 Å². The Balaban J connectivity index is 1.59. The highest BCUT2D eigenvalue weighted by Gasteiger charge is 1.97. The second-order valence-electron chi connectivity index (χ2n) is 3.18. The summed E-state index contributed by atoms with van der Waals surface area (Å²) in [4.78, 5) is 8.08. The molecule has 5 heteroatoms. The van der Waals surface area contributed by atoms with Gasteiger partial charge in [-0.2, -0.15) is 0 Å². The first kappa shape index (κ1) is 11.2. The van der Waals surface area contributed by atoms with E-state index in [1.807, 2.05) is 12.3 Å². The van der Waals surface area contributed by atoms with Gasteiger partial charge in [-0.3, -0.25) is 4.98 Å². The number of oxazole rings is 1. The molecule has 4 nitrogen and oxygen atoms in total. The Labute approximate surface area is 98.5 Å². The summed E-state index contributed by atoms with van der Waals surface area (Å²) in [5, 5.41) is 4.06. The molecule has 0 atom stereocenters. The number of pyridine rings is 1.